The lowest BCUT2D eigenvalue weighted by molar-refractivity contribution is -0.297. The SMILES string of the molecule is CCOC(=O)/C=C\C(=O)[O-]. The van der Waals surface area contributed by atoms with Gasteiger partial charge in [-0.2, -0.15) is 0 Å². The van der Waals surface area contributed by atoms with Crippen LogP contribution in [0.15, 0.2) is 12.2 Å². The molecule has 0 N–H and O–H groups in total. The van der Waals surface area contributed by atoms with E-state index in [1.54, 1.807) is 6.92 Å². The van der Waals surface area contributed by atoms with Crippen LogP contribution in [0.1, 0.15) is 6.92 Å². The van der Waals surface area contributed by atoms with Gasteiger partial charge in [0, 0.05) is 6.08 Å². The van der Waals surface area contributed by atoms with Crippen LogP contribution in [0.4, 0.5) is 0 Å². The van der Waals surface area contributed by atoms with E-state index in [1.165, 1.54) is 0 Å². The molecule has 0 amide bonds. The van der Waals surface area contributed by atoms with Crippen LogP contribution in [0, 0.1) is 0 Å². The average Bonchev–Trinajstić information content (AvgIpc) is 1.85. The van der Waals surface area contributed by atoms with Crippen molar-refractivity contribution in [2.75, 3.05) is 6.61 Å². The summed E-state index contributed by atoms with van der Waals surface area (Å²) in [4.78, 5) is 20.0. The number of carboxylic acid groups (broad SMARTS) is 1. The van der Waals surface area contributed by atoms with Crippen LogP contribution in [0.3, 0.4) is 0 Å². The molecule has 0 aliphatic carbocycles. The van der Waals surface area contributed by atoms with E-state index in [-0.39, 0.29) is 6.61 Å². The quantitative estimate of drug-likeness (QED) is 0.370. The normalized spacial score (nSPS) is 9.70. The van der Waals surface area contributed by atoms with E-state index >= 15 is 0 Å². The highest BCUT2D eigenvalue weighted by Crippen LogP contribution is 1.79. The van der Waals surface area contributed by atoms with Gasteiger partial charge >= 0.3 is 5.97 Å². The van der Waals surface area contributed by atoms with Gasteiger partial charge in [0.1, 0.15) is 0 Å². The van der Waals surface area contributed by atoms with Crippen molar-refractivity contribution in [1.29, 1.82) is 0 Å². The van der Waals surface area contributed by atoms with E-state index in [2.05, 4.69) is 4.74 Å². The largest absolute Gasteiger partial charge is 0.545 e. The molecular formula is C6H7O4-. The Morgan fingerprint density at radius 2 is 2.10 bits per heavy atom. The second-order valence-electron chi connectivity index (χ2n) is 1.40. The van der Waals surface area contributed by atoms with Crippen LogP contribution in [-0.4, -0.2) is 18.5 Å². The molecule has 0 unspecified atom stereocenters. The van der Waals surface area contributed by atoms with Gasteiger partial charge in [0.25, 0.3) is 0 Å². The van der Waals surface area contributed by atoms with Gasteiger partial charge in [-0.1, -0.05) is 0 Å². The molecule has 0 saturated carbocycles. The molecule has 0 heterocycles. The first-order valence-corrected chi connectivity index (χ1v) is 2.72. The molecule has 56 valence electrons. The smallest absolute Gasteiger partial charge is 0.330 e. The standard InChI is InChI=1S/C6H8O4/c1-2-10-6(9)4-3-5(7)8/h3-4H,2H2,1H3,(H,7,8)/p-1/b4-3-. The van der Waals surface area contributed by atoms with Crippen LogP contribution in [-0.2, 0) is 14.3 Å². The van der Waals surface area contributed by atoms with Gasteiger partial charge in [-0.25, -0.2) is 4.79 Å². The zero-order valence-corrected chi connectivity index (χ0v) is 5.49. The molecule has 0 aliphatic heterocycles. The van der Waals surface area contributed by atoms with E-state index in [0.29, 0.717) is 6.08 Å². The first-order valence-electron chi connectivity index (χ1n) is 2.72. The average molecular weight is 143 g/mol. The first-order chi connectivity index (χ1) is 4.66. The lowest BCUT2D eigenvalue weighted by Crippen LogP contribution is -2.19. The van der Waals surface area contributed by atoms with Crippen molar-refractivity contribution >= 4 is 11.9 Å². The van der Waals surface area contributed by atoms with Crippen LogP contribution in [0.2, 0.25) is 0 Å². The van der Waals surface area contributed by atoms with Crippen molar-refractivity contribution in [3.8, 4) is 0 Å². The summed E-state index contributed by atoms with van der Waals surface area (Å²) in [6.45, 7) is 1.86. The van der Waals surface area contributed by atoms with Crippen molar-refractivity contribution < 1.29 is 19.4 Å². The number of carbonyl (C=O) groups is 2. The maximum absolute atomic E-state index is 10.3. The monoisotopic (exact) mass is 143 g/mol. The molecule has 0 atom stereocenters. The third-order valence-corrected chi connectivity index (χ3v) is 0.642. The van der Waals surface area contributed by atoms with E-state index < -0.39 is 11.9 Å². The molecule has 4 heteroatoms. The number of carboxylic acids is 1. The lowest BCUT2D eigenvalue weighted by atomic mass is 10.5. The Balaban J connectivity index is 3.67. The maximum Gasteiger partial charge on any atom is 0.330 e. The molecule has 0 spiro atoms. The van der Waals surface area contributed by atoms with Crippen molar-refractivity contribution in [3.63, 3.8) is 0 Å². The second-order valence-corrected chi connectivity index (χ2v) is 1.40. The number of esters is 1. The molecule has 0 fully saturated rings. The minimum Gasteiger partial charge on any atom is -0.545 e. The predicted octanol–water partition coefficient (Wildman–Crippen LogP) is -1.14. The number of rotatable bonds is 3. The van der Waals surface area contributed by atoms with Crippen LogP contribution < -0.4 is 5.11 Å². The molecule has 0 bridgehead atoms. The minimum absolute atomic E-state index is 0.232. The van der Waals surface area contributed by atoms with Crippen molar-refractivity contribution in [3.05, 3.63) is 12.2 Å². The molecule has 0 radical (unpaired) electrons. The summed E-state index contributed by atoms with van der Waals surface area (Å²) in [5, 5.41) is 9.70. The van der Waals surface area contributed by atoms with Gasteiger partial charge in [0.2, 0.25) is 0 Å². The van der Waals surface area contributed by atoms with Crippen LogP contribution >= 0.6 is 0 Å². The maximum atomic E-state index is 10.3. The fourth-order valence-electron chi connectivity index (χ4n) is 0.326. The molecule has 0 aliphatic rings. The summed E-state index contributed by atoms with van der Waals surface area (Å²) in [5.74, 6) is -2.08. The third kappa shape index (κ3) is 4.83. The van der Waals surface area contributed by atoms with Gasteiger partial charge < -0.3 is 14.6 Å². The van der Waals surface area contributed by atoms with E-state index in [1.807, 2.05) is 0 Å². The number of hydrogen-bond acceptors (Lipinski definition) is 4. The highest BCUT2D eigenvalue weighted by atomic mass is 16.5. The number of hydrogen-bond donors (Lipinski definition) is 0. The summed E-state index contributed by atoms with van der Waals surface area (Å²) in [7, 11) is 0. The number of carbonyl (C=O) groups excluding carboxylic acids is 2. The van der Waals surface area contributed by atoms with Gasteiger partial charge in [-0.3, -0.25) is 0 Å². The van der Waals surface area contributed by atoms with E-state index in [0.717, 1.165) is 6.08 Å². The fraction of sp³-hybridized carbons (Fsp3) is 0.333. The van der Waals surface area contributed by atoms with Gasteiger partial charge in [-0.15, -0.1) is 0 Å². The highest BCUT2D eigenvalue weighted by molar-refractivity contribution is 5.89. The molecule has 0 aromatic carbocycles. The Hall–Kier alpha value is -1.32. The van der Waals surface area contributed by atoms with Crippen molar-refractivity contribution in [2.24, 2.45) is 0 Å². The summed E-state index contributed by atoms with van der Waals surface area (Å²) in [6, 6.07) is 0. The fourth-order valence-corrected chi connectivity index (χ4v) is 0.326. The Labute approximate surface area is 58.1 Å². The summed E-state index contributed by atoms with van der Waals surface area (Å²) in [6.07, 6.45) is 1.43. The van der Waals surface area contributed by atoms with Crippen LogP contribution in [0.25, 0.3) is 0 Å². The summed E-state index contributed by atoms with van der Waals surface area (Å²) >= 11 is 0. The zero-order valence-electron chi connectivity index (χ0n) is 5.49. The van der Waals surface area contributed by atoms with E-state index in [4.69, 9.17) is 0 Å². The minimum atomic E-state index is -1.41. The third-order valence-electron chi connectivity index (χ3n) is 0.642. The molecular weight excluding hydrogens is 136 g/mol. The zero-order chi connectivity index (χ0) is 7.98. The highest BCUT2D eigenvalue weighted by Gasteiger charge is 1.90. The van der Waals surface area contributed by atoms with Gasteiger partial charge in [0.15, 0.2) is 0 Å². The van der Waals surface area contributed by atoms with Crippen molar-refractivity contribution in [2.45, 2.75) is 6.92 Å². The molecule has 10 heavy (non-hydrogen) atoms. The molecule has 0 saturated heterocycles. The molecule has 0 rings (SSSR count). The Kier molecular flexibility index (Phi) is 3.95. The Morgan fingerprint density at radius 1 is 1.50 bits per heavy atom. The summed E-state index contributed by atoms with van der Waals surface area (Å²) in [5.41, 5.74) is 0. The Bertz CT molecular complexity index is 159. The number of ether oxygens (including phenoxy) is 1. The molecule has 4 nitrogen and oxygen atoms in total. The second kappa shape index (κ2) is 4.55. The van der Waals surface area contributed by atoms with Gasteiger partial charge in [-0.05, 0) is 13.0 Å². The van der Waals surface area contributed by atoms with Crippen molar-refractivity contribution in [1.82, 2.24) is 0 Å². The molecule has 0 aromatic rings. The van der Waals surface area contributed by atoms with Gasteiger partial charge in [0.05, 0.1) is 12.6 Å². The lowest BCUT2D eigenvalue weighted by Gasteiger charge is -1.94. The van der Waals surface area contributed by atoms with E-state index in [9.17, 15) is 14.7 Å². The molecule has 0 aromatic heterocycles. The number of aliphatic carboxylic acids is 1. The summed E-state index contributed by atoms with van der Waals surface area (Å²) < 4.78 is 4.38. The Morgan fingerprint density at radius 3 is 2.50 bits per heavy atom. The topological polar surface area (TPSA) is 66.4 Å². The predicted molar refractivity (Wildman–Crippen MR) is 30.8 cm³/mol. The van der Waals surface area contributed by atoms with Crippen LogP contribution in [0.5, 0.6) is 0 Å². The first kappa shape index (κ1) is 8.68.